The molecular formula is C18H21N3O8S. The van der Waals surface area contributed by atoms with E-state index in [1.54, 1.807) is 26.8 Å². The van der Waals surface area contributed by atoms with Crippen molar-refractivity contribution < 1.29 is 32.1 Å². The molecule has 1 aromatic carbocycles. The summed E-state index contributed by atoms with van der Waals surface area (Å²) >= 11 is 0. The first-order chi connectivity index (χ1) is 14.1. The Balaban J connectivity index is 2.07. The van der Waals surface area contributed by atoms with Crippen LogP contribution in [0.1, 0.15) is 30.0 Å². The molecule has 0 unspecified atom stereocenters. The van der Waals surface area contributed by atoms with E-state index in [2.05, 4.69) is 5.32 Å². The van der Waals surface area contributed by atoms with Crippen molar-refractivity contribution in [3.8, 4) is 0 Å². The average molecular weight is 439 g/mol. The quantitative estimate of drug-likeness (QED) is 0.355. The van der Waals surface area contributed by atoms with Crippen molar-refractivity contribution in [2.24, 2.45) is 0 Å². The van der Waals surface area contributed by atoms with Gasteiger partial charge in [0, 0.05) is 18.8 Å². The largest absolute Gasteiger partial charge is 0.450 e. The smallest absolute Gasteiger partial charge is 0.433 e. The number of benzene rings is 1. The minimum atomic E-state index is -3.71. The lowest BCUT2D eigenvalue weighted by molar-refractivity contribution is -0.402. The summed E-state index contributed by atoms with van der Waals surface area (Å²) in [5.74, 6) is -2.82. The number of hydrogen-bond acceptors (Lipinski definition) is 8. The van der Waals surface area contributed by atoms with Gasteiger partial charge in [-0.2, -0.15) is 4.31 Å². The fraction of sp³-hybridized carbons (Fsp3) is 0.333. The van der Waals surface area contributed by atoms with Crippen LogP contribution in [0.15, 0.2) is 39.6 Å². The summed E-state index contributed by atoms with van der Waals surface area (Å²) < 4.78 is 36.1. The second-order valence-corrected chi connectivity index (χ2v) is 8.02. The Morgan fingerprint density at radius 2 is 1.87 bits per heavy atom. The van der Waals surface area contributed by atoms with Gasteiger partial charge in [-0.3, -0.25) is 14.9 Å². The molecule has 0 aliphatic carbocycles. The van der Waals surface area contributed by atoms with Crippen molar-refractivity contribution in [3.63, 3.8) is 0 Å². The number of nitro groups is 1. The number of ether oxygens (including phenoxy) is 1. The molecule has 0 saturated heterocycles. The number of esters is 1. The number of sulfonamides is 1. The van der Waals surface area contributed by atoms with Crippen LogP contribution in [-0.4, -0.2) is 49.2 Å². The van der Waals surface area contributed by atoms with Crippen molar-refractivity contribution in [3.05, 3.63) is 51.8 Å². The monoisotopic (exact) mass is 439 g/mol. The van der Waals surface area contributed by atoms with E-state index in [0.29, 0.717) is 18.7 Å². The third-order valence-corrected chi connectivity index (χ3v) is 6.18. The number of nitrogens with zero attached hydrogens (tertiary/aromatic N) is 2. The van der Waals surface area contributed by atoms with Crippen molar-refractivity contribution in [2.45, 2.75) is 25.7 Å². The molecule has 1 amide bonds. The minimum absolute atomic E-state index is 0.0204. The van der Waals surface area contributed by atoms with Crippen molar-refractivity contribution >= 4 is 33.5 Å². The van der Waals surface area contributed by atoms with Crippen LogP contribution in [0.5, 0.6) is 0 Å². The Kier molecular flexibility index (Phi) is 7.29. The molecule has 1 aromatic heterocycles. The molecule has 11 nitrogen and oxygen atoms in total. The highest BCUT2D eigenvalue weighted by molar-refractivity contribution is 7.89. The molecule has 0 radical (unpaired) electrons. The van der Waals surface area contributed by atoms with E-state index in [1.807, 2.05) is 0 Å². The molecule has 162 valence electrons. The molecule has 2 aromatic rings. The molecule has 1 N–H and O–H groups in total. The van der Waals surface area contributed by atoms with E-state index in [4.69, 9.17) is 9.15 Å². The van der Waals surface area contributed by atoms with Crippen LogP contribution >= 0.6 is 0 Å². The fourth-order valence-corrected chi connectivity index (χ4v) is 4.02. The number of carbonyl (C=O) groups excluding carboxylic acids is 2. The topological polar surface area (TPSA) is 149 Å². The Hall–Kier alpha value is -3.25. The lowest BCUT2D eigenvalue weighted by Crippen LogP contribution is -2.30. The molecule has 1 heterocycles. The third kappa shape index (κ3) is 5.21. The maximum Gasteiger partial charge on any atom is 0.433 e. The minimum Gasteiger partial charge on any atom is -0.450 e. The number of anilines is 1. The third-order valence-electron chi connectivity index (χ3n) is 4.13. The summed E-state index contributed by atoms with van der Waals surface area (Å²) in [6.07, 6.45) is 0. The molecule has 0 atom stereocenters. The van der Waals surface area contributed by atoms with Crippen LogP contribution in [0.3, 0.4) is 0 Å². The number of carbonyl (C=O) groups is 2. The molecule has 0 bridgehead atoms. The second kappa shape index (κ2) is 9.50. The van der Waals surface area contributed by atoms with Gasteiger partial charge in [-0.15, -0.1) is 0 Å². The van der Waals surface area contributed by atoms with Crippen molar-refractivity contribution in [1.82, 2.24) is 4.31 Å². The van der Waals surface area contributed by atoms with Crippen molar-refractivity contribution in [1.29, 1.82) is 0 Å². The van der Waals surface area contributed by atoms with Gasteiger partial charge in [0.2, 0.25) is 15.8 Å². The molecule has 2 rings (SSSR count). The number of hydrogen-bond donors (Lipinski definition) is 1. The predicted octanol–water partition coefficient (Wildman–Crippen LogP) is 2.32. The first kappa shape index (κ1) is 23.0. The summed E-state index contributed by atoms with van der Waals surface area (Å²) in [5.41, 5.74) is 0.854. The molecule has 0 fully saturated rings. The SMILES string of the molecule is CCN(CC)S(=O)(=O)c1ccc(C)c(NC(=O)COC(=O)c2ccc([N+](=O)[O-])o2)c1. The molecule has 0 aliphatic heterocycles. The number of amides is 1. The van der Waals surface area contributed by atoms with Gasteiger partial charge in [0.1, 0.15) is 4.92 Å². The second-order valence-electron chi connectivity index (χ2n) is 6.09. The van der Waals surface area contributed by atoms with Gasteiger partial charge in [0.15, 0.2) is 6.61 Å². The Morgan fingerprint density at radius 3 is 2.43 bits per heavy atom. The van der Waals surface area contributed by atoms with Crippen LogP contribution in [0, 0.1) is 17.0 Å². The molecule has 0 aliphatic rings. The van der Waals surface area contributed by atoms with Gasteiger partial charge in [0.25, 0.3) is 5.91 Å². The number of rotatable bonds is 9. The maximum atomic E-state index is 12.7. The lowest BCUT2D eigenvalue weighted by Gasteiger charge is -2.19. The summed E-state index contributed by atoms with van der Waals surface area (Å²) in [6.45, 7) is 5.03. The molecule has 0 spiro atoms. The van der Waals surface area contributed by atoms with E-state index in [-0.39, 0.29) is 10.6 Å². The van der Waals surface area contributed by atoms with Crippen LogP contribution in [0.2, 0.25) is 0 Å². The lowest BCUT2D eigenvalue weighted by atomic mass is 10.2. The van der Waals surface area contributed by atoms with Gasteiger partial charge < -0.3 is 14.5 Å². The molecule has 12 heteroatoms. The average Bonchev–Trinajstić information content (AvgIpc) is 3.19. The summed E-state index contributed by atoms with van der Waals surface area (Å²) in [5, 5.41) is 13.1. The number of furan rings is 1. The zero-order valence-electron chi connectivity index (χ0n) is 16.6. The van der Waals surface area contributed by atoms with Crippen molar-refractivity contribution in [2.75, 3.05) is 25.0 Å². The van der Waals surface area contributed by atoms with E-state index in [1.165, 1.54) is 16.4 Å². The summed E-state index contributed by atoms with van der Waals surface area (Å²) in [6, 6.07) is 6.38. The number of aryl methyl sites for hydroxylation is 1. The van der Waals surface area contributed by atoms with E-state index in [0.717, 1.165) is 12.1 Å². The van der Waals surface area contributed by atoms with Gasteiger partial charge in [-0.1, -0.05) is 19.9 Å². The highest BCUT2D eigenvalue weighted by atomic mass is 32.2. The molecular weight excluding hydrogens is 418 g/mol. The van der Waals surface area contributed by atoms with Gasteiger partial charge >= 0.3 is 11.9 Å². The zero-order valence-corrected chi connectivity index (χ0v) is 17.4. The fourth-order valence-electron chi connectivity index (χ4n) is 2.53. The van der Waals surface area contributed by atoms with E-state index in [9.17, 15) is 28.1 Å². The van der Waals surface area contributed by atoms with Gasteiger partial charge in [-0.25, -0.2) is 13.2 Å². The van der Waals surface area contributed by atoms with Gasteiger partial charge in [0.05, 0.1) is 11.0 Å². The van der Waals surface area contributed by atoms with Gasteiger partial charge in [-0.05, 0) is 30.7 Å². The Labute approximate surface area is 172 Å². The summed E-state index contributed by atoms with van der Waals surface area (Å²) in [4.78, 5) is 33.7. The standard InChI is InChI=1S/C18H21N3O8S/c1-4-20(5-2)30(26,27)13-7-6-12(3)14(10-13)19-16(22)11-28-18(23)15-8-9-17(29-15)21(24)25/h6-10H,4-5,11H2,1-3H3,(H,19,22). The first-order valence-electron chi connectivity index (χ1n) is 8.92. The molecule has 0 saturated carbocycles. The van der Waals surface area contributed by atoms with Crippen LogP contribution < -0.4 is 5.32 Å². The highest BCUT2D eigenvalue weighted by Crippen LogP contribution is 2.23. The highest BCUT2D eigenvalue weighted by Gasteiger charge is 2.23. The Morgan fingerprint density at radius 1 is 1.20 bits per heavy atom. The normalized spacial score (nSPS) is 11.3. The van der Waals surface area contributed by atoms with Crippen LogP contribution in [-0.2, 0) is 19.6 Å². The molecule has 30 heavy (non-hydrogen) atoms. The Bertz CT molecular complexity index is 1060. The first-order valence-corrected chi connectivity index (χ1v) is 10.4. The van der Waals surface area contributed by atoms with Crippen LogP contribution in [0.25, 0.3) is 0 Å². The predicted molar refractivity (Wildman–Crippen MR) is 106 cm³/mol. The van der Waals surface area contributed by atoms with E-state index < -0.39 is 45.1 Å². The zero-order chi connectivity index (χ0) is 22.5. The number of nitrogens with one attached hydrogen (secondary N) is 1. The van der Waals surface area contributed by atoms with E-state index >= 15 is 0 Å². The summed E-state index contributed by atoms with van der Waals surface area (Å²) in [7, 11) is -3.71. The van der Waals surface area contributed by atoms with Crippen LogP contribution in [0.4, 0.5) is 11.6 Å². The maximum absolute atomic E-state index is 12.7.